The van der Waals surface area contributed by atoms with Crippen LogP contribution in [0.25, 0.3) is 72.2 Å². The lowest BCUT2D eigenvalue weighted by Crippen LogP contribution is -2.00. The Morgan fingerprint density at radius 3 is 2.15 bits per heavy atom. The highest BCUT2D eigenvalue weighted by Crippen LogP contribution is 2.43. The lowest BCUT2D eigenvalue weighted by atomic mass is 10.1. The zero-order valence-electron chi connectivity index (χ0n) is 28.3. The van der Waals surface area contributed by atoms with Gasteiger partial charge < -0.3 is 23.3 Å². The largest absolute Gasteiger partial charge is 0.493 e. The minimum atomic E-state index is 0.126. The Balaban J connectivity index is 1.01. The molecule has 4 heterocycles. The van der Waals surface area contributed by atoms with E-state index in [2.05, 4.69) is 43.5 Å². The van der Waals surface area contributed by atoms with Crippen LogP contribution in [0, 0.1) is 0 Å². The number of ether oxygens (including phenoxy) is 3. The Kier molecular flexibility index (Phi) is 8.34. The molecule has 9 aromatic rings. The Labute approximate surface area is 311 Å². The number of hydrogen-bond donors (Lipinski definition) is 0. The van der Waals surface area contributed by atoms with Crippen LogP contribution in [-0.4, -0.2) is 38.5 Å². The van der Waals surface area contributed by atoms with Gasteiger partial charge in [-0.15, -0.1) is 0 Å². The monoisotopic (exact) mass is 737 g/mol. The van der Waals surface area contributed by atoms with Gasteiger partial charge in [-0.2, -0.15) is 9.36 Å². The van der Waals surface area contributed by atoms with E-state index < -0.39 is 0 Å². The minimum Gasteiger partial charge on any atom is -0.493 e. The Morgan fingerprint density at radius 1 is 0.660 bits per heavy atom. The van der Waals surface area contributed by atoms with Crippen molar-refractivity contribution in [3.05, 3.63) is 132 Å². The predicted octanol–water partition coefficient (Wildman–Crippen LogP) is 10.5. The van der Waals surface area contributed by atoms with E-state index in [0.29, 0.717) is 45.3 Å². The predicted molar refractivity (Wildman–Crippen MR) is 205 cm³/mol. The van der Waals surface area contributed by atoms with Crippen molar-refractivity contribution in [2.45, 2.75) is 6.61 Å². The van der Waals surface area contributed by atoms with Crippen molar-refractivity contribution in [1.82, 2.24) is 24.2 Å². The molecule has 0 fully saturated rings. The van der Waals surface area contributed by atoms with Crippen LogP contribution >= 0.6 is 23.1 Å². The van der Waals surface area contributed by atoms with Gasteiger partial charge in [-0.25, -0.2) is 0 Å². The normalized spacial score (nSPS) is 11.4. The van der Waals surface area contributed by atoms with Gasteiger partial charge in [0.05, 0.1) is 25.3 Å². The van der Waals surface area contributed by atoms with Crippen molar-refractivity contribution in [3.63, 3.8) is 0 Å². The SMILES string of the molecule is COc1cc(-c2cc(-c3ccc4c(c3)c3ccccc3n4-c3nc(-c4ccc(Cl)cc4)ns3)on2)cc(OC)c1OCc1cc(-c2ccccc2)no1. The van der Waals surface area contributed by atoms with Crippen LogP contribution in [0.15, 0.2) is 130 Å². The van der Waals surface area contributed by atoms with Crippen LogP contribution in [0.2, 0.25) is 5.02 Å². The molecule has 5 aromatic carbocycles. The first-order chi connectivity index (χ1) is 26.1. The average Bonchev–Trinajstić information content (AvgIpc) is 4.03. The van der Waals surface area contributed by atoms with Gasteiger partial charge in [-0.3, -0.25) is 4.57 Å². The summed E-state index contributed by atoms with van der Waals surface area (Å²) in [5.41, 5.74) is 6.83. The van der Waals surface area contributed by atoms with E-state index in [1.165, 1.54) is 11.5 Å². The summed E-state index contributed by atoms with van der Waals surface area (Å²) in [6.07, 6.45) is 0. The second-order valence-electron chi connectivity index (χ2n) is 12.1. The number of rotatable bonds is 10. The molecule has 0 radical (unpaired) electrons. The fourth-order valence-electron chi connectivity index (χ4n) is 6.34. The topological polar surface area (TPSA) is 110 Å². The van der Waals surface area contributed by atoms with E-state index in [1.807, 2.05) is 97.1 Å². The van der Waals surface area contributed by atoms with Crippen LogP contribution in [0.3, 0.4) is 0 Å². The lowest BCUT2D eigenvalue weighted by molar-refractivity contribution is 0.229. The fraction of sp³-hybridized carbons (Fsp3) is 0.0732. The molecule has 0 amide bonds. The van der Waals surface area contributed by atoms with Crippen molar-refractivity contribution in [1.29, 1.82) is 0 Å². The van der Waals surface area contributed by atoms with Gasteiger partial charge in [0.1, 0.15) is 18.0 Å². The first-order valence-electron chi connectivity index (χ1n) is 16.6. The highest BCUT2D eigenvalue weighted by atomic mass is 35.5. The number of halogens is 1. The summed E-state index contributed by atoms with van der Waals surface area (Å²) in [6, 6.07) is 39.2. The van der Waals surface area contributed by atoms with E-state index in [9.17, 15) is 0 Å². The summed E-state index contributed by atoms with van der Waals surface area (Å²) in [6.45, 7) is 0.126. The van der Waals surface area contributed by atoms with Gasteiger partial charge in [0.2, 0.25) is 10.9 Å². The van der Waals surface area contributed by atoms with Crippen LogP contribution in [0.5, 0.6) is 17.2 Å². The van der Waals surface area contributed by atoms with Crippen LogP contribution < -0.4 is 14.2 Å². The van der Waals surface area contributed by atoms with Crippen molar-refractivity contribution in [2.75, 3.05) is 14.2 Å². The molecular formula is C41H28ClN5O5S. The van der Waals surface area contributed by atoms with Gasteiger partial charge in [0.15, 0.2) is 28.8 Å². The molecule has 260 valence electrons. The second-order valence-corrected chi connectivity index (χ2v) is 13.3. The molecule has 4 aromatic heterocycles. The van der Waals surface area contributed by atoms with Gasteiger partial charge >= 0.3 is 0 Å². The maximum atomic E-state index is 6.15. The molecule has 0 N–H and O–H groups in total. The first-order valence-corrected chi connectivity index (χ1v) is 17.7. The third-order valence-electron chi connectivity index (χ3n) is 8.92. The molecule has 12 heteroatoms. The maximum Gasteiger partial charge on any atom is 0.214 e. The van der Waals surface area contributed by atoms with E-state index in [0.717, 1.165) is 54.9 Å². The third-order valence-corrected chi connectivity index (χ3v) is 9.87. The molecule has 0 aliphatic heterocycles. The molecule has 0 aliphatic rings. The molecular weight excluding hydrogens is 710 g/mol. The summed E-state index contributed by atoms with van der Waals surface area (Å²) >= 11 is 7.46. The zero-order valence-corrected chi connectivity index (χ0v) is 29.9. The number of fused-ring (bicyclic) bond motifs is 3. The number of para-hydroxylation sites is 1. The standard InChI is InChI=1S/C41H28ClN5O5S/c1-48-37-19-27(20-38(49-2)39(37)50-23-29-21-32(44-51-29)24-8-4-3-5-9-24)33-22-36(52-45-33)26-14-17-35-31(18-26)30-10-6-7-11-34(30)47(35)41-43-40(46-53-41)25-12-15-28(42)16-13-25/h3-22H,23H2,1-2H3. The summed E-state index contributed by atoms with van der Waals surface area (Å²) < 4.78 is 35.9. The van der Waals surface area contributed by atoms with E-state index in [-0.39, 0.29) is 6.61 Å². The molecule has 0 atom stereocenters. The number of benzene rings is 5. The summed E-state index contributed by atoms with van der Waals surface area (Å²) in [4.78, 5) is 4.91. The van der Waals surface area contributed by atoms with Crippen LogP contribution in [0.4, 0.5) is 0 Å². The third kappa shape index (κ3) is 6.05. The number of aromatic nitrogens is 5. The quantitative estimate of drug-likeness (QED) is 0.135. The molecule has 53 heavy (non-hydrogen) atoms. The van der Waals surface area contributed by atoms with Crippen molar-refractivity contribution in [3.8, 4) is 67.6 Å². The average molecular weight is 738 g/mol. The van der Waals surface area contributed by atoms with Gasteiger partial charge in [0.25, 0.3) is 0 Å². The van der Waals surface area contributed by atoms with Crippen molar-refractivity contribution in [2.24, 2.45) is 0 Å². The molecule has 9 rings (SSSR count). The Hall–Kier alpha value is -6.43. The fourth-order valence-corrected chi connectivity index (χ4v) is 7.19. The van der Waals surface area contributed by atoms with Crippen molar-refractivity contribution >= 4 is 44.9 Å². The van der Waals surface area contributed by atoms with E-state index >= 15 is 0 Å². The lowest BCUT2D eigenvalue weighted by Gasteiger charge is -2.14. The zero-order chi connectivity index (χ0) is 35.9. The number of nitrogens with zero attached hydrogens (tertiary/aromatic N) is 5. The summed E-state index contributed by atoms with van der Waals surface area (Å²) in [5, 5.41) is 12.2. The van der Waals surface area contributed by atoms with Crippen LogP contribution in [0.1, 0.15) is 5.76 Å². The molecule has 0 unspecified atom stereocenters. The Morgan fingerprint density at radius 2 is 1.36 bits per heavy atom. The second kappa shape index (κ2) is 13.6. The van der Waals surface area contributed by atoms with E-state index in [1.54, 1.807) is 14.2 Å². The number of hydrogen-bond acceptors (Lipinski definition) is 10. The Bertz CT molecular complexity index is 2710. The number of methoxy groups -OCH3 is 2. The molecule has 10 nitrogen and oxygen atoms in total. The minimum absolute atomic E-state index is 0.126. The van der Waals surface area contributed by atoms with Crippen molar-refractivity contribution < 1.29 is 23.3 Å². The van der Waals surface area contributed by atoms with Gasteiger partial charge in [0, 0.05) is 61.7 Å². The molecule has 0 bridgehead atoms. The molecule has 0 saturated heterocycles. The maximum absolute atomic E-state index is 6.15. The first kappa shape index (κ1) is 32.5. The summed E-state index contributed by atoms with van der Waals surface area (Å²) in [7, 11) is 3.15. The van der Waals surface area contributed by atoms with E-state index in [4.69, 9.17) is 39.8 Å². The van der Waals surface area contributed by atoms with Crippen LogP contribution in [-0.2, 0) is 6.61 Å². The highest BCUT2D eigenvalue weighted by Gasteiger charge is 2.21. The summed E-state index contributed by atoms with van der Waals surface area (Å²) in [5.74, 6) is 3.19. The molecule has 0 spiro atoms. The highest BCUT2D eigenvalue weighted by molar-refractivity contribution is 7.08. The van der Waals surface area contributed by atoms with Gasteiger partial charge in [-0.05, 0) is 60.7 Å². The van der Waals surface area contributed by atoms with Gasteiger partial charge in [-0.1, -0.05) is 70.4 Å². The molecule has 0 saturated carbocycles. The smallest absolute Gasteiger partial charge is 0.214 e. The molecule has 0 aliphatic carbocycles.